The Hall–Kier alpha value is -0.890. The van der Waals surface area contributed by atoms with Gasteiger partial charge in [0, 0.05) is 4.86 Å². The lowest BCUT2D eigenvalue weighted by Gasteiger charge is -2.01. The van der Waals surface area contributed by atoms with E-state index in [1.807, 2.05) is 31.2 Å². The van der Waals surface area contributed by atoms with Gasteiger partial charge in [-0.2, -0.15) is 0 Å². The van der Waals surface area contributed by atoms with Crippen molar-refractivity contribution in [3.8, 4) is 5.75 Å². The van der Waals surface area contributed by atoms with Crippen LogP contribution in [0, 0.1) is 0 Å². The summed E-state index contributed by atoms with van der Waals surface area (Å²) < 4.78 is 5.05. The van der Waals surface area contributed by atoms with E-state index in [0.717, 1.165) is 16.2 Å². The maximum Gasteiger partial charge on any atom is 0.119 e. The average Bonchev–Trinajstić information content (AvgIpc) is 2.05. The van der Waals surface area contributed by atoms with Crippen LogP contribution in [0.5, 0.6) is 5.75 Å². The van der Waals surface area contributed by atoms with Crippen molar-refractivity contribution in [1.82, 2.24) is 0 Å². The molecular weight excluding hydrogens is 156 g/mol. The van der Waals surface area contributed by atoms with Crippen molar-refractivity contribution < 1.29 is 4.74 Å². The Morgan fingerprint density at radius 3 is 2.73 bits per heavy atom. The highest BCUT2D eigenvalue weighted by Crippen LogP contribution is 2.12. The van der Waals surface area contributed by atoms with Gasteiger partial charge in [-0.15, -0.1) is 0 Å². The number of ether oxygens (including phenoxy) is 1. The zero-order chi connectivity index (χ0) is 8.27. The van der Waals surface area contributed by atoms with E-state index in [1.165, 1.54) is 0 Å². The summed E-state index contributed by atoms with van der Waals surface area (Å²) in [5.41, 5.74) is 1.05. The quantitative estimate of drug-likeness (QED) is 0.493. The van der Waals surface area contributed by atoms with Gasteiger partial charge < -0.3 is 4.74 Å². The molecule has 0 saturated heterocycles. The van der Waals surface area contributed by atoms with E-state index in [1.54, 1.807) is 7.11 Å². The maximum absolute atomic E-state index is 5.05. The normalized spacial score (nSPS) is 9.27. The Bertz CT molecular complexity index is 268. The first kappa shape index (κ1) is 8.21. The Morgan fingerprint density at radius 1 is 1.45 bits per heavy atom. The van der Waals surface area contributed by atoms with Crippen LogP contribution < -0.4 is 4.74 Å². The second-order valence-electron chi connectivity index (χ2n) is 2.29. The molecule has 0 atom stereocenters. The van der Waals surface area contributed by atoms with Gasteiger partial charge in [0.15, 0.2) is 0 Å². The molecule has 0 unspecified atom stereocenters. The SMILES string of the molecule is COc1cccc(C(C)=S)c1. The highest BCUT2D eigenvalue weighted by Gasteiger charge is 1.95. The first-order valence-corrected chi connectivity index (χ1v) is 3.80. The van der Waals surface area contributed by atoms with E-state index in [-0.39, 0.29) is 0 Å². The van der Waals surface area contributed by atoms with Crippen molar-refractivity contribution in [3.63, 3.8) is 0 Å². The fourth-order valence-corrected chi connectivity index (χ4v) is 0.969. The molecule has 1 aromatic rings. The number of methoxy groups -OCH3 is 1. The Kier molecular flexibility index (Phi) is 2.60. The summed E-state index contributed by atoms with van der Waals surface area (Å²) in [4.78, 5) is 0.893. The minimum atomic E-state index is 0.853. The van der Waals surface area contributed by atoms with Crippen LogP contribution in [0.2, 0.25) is 0 Å². The average molecular weight is 166 g/mol. The van der Waals surface area contributed by atoms with E-state index in [2.05, 4.69) is 0 Å². The fraction of sp³-hybridized carbons (Fsp3) is 0.222. The number of thiocarbonyl (C=S) groups is 1. The Labute approximate surface area is 72.0 Å². The molecule has 1 aromatic carbocycles. The number of rotatable bonds is 2. The van der Waals surface area contributed by atoms with Gasteiger partial charge in [0.05, 0.1) is 7.11 Å². The van der Waals surface area contributed by atoms with Crippen molar-refractivity contribution >= 4 is 17.1 Å². The van der Waals surface area contributed by atoms with Gasteiger partial charge >= 0.3 is 0 Å². The molecule has 0 bridgehead atoms. The van der Waals surface area contributed by atoms with Crippen LogP contribution in [0.15, 0.2) is 24.3 Å². The summed E-state index contributed by atoms with van der Waals surface area (Å²) in [6.07, 6.45) is 0. The summed E-state index contributed by atoms with van der Waals surface area (Å²) in [6, 6.07) is 7.75. The van der Waals surface area contributed by atoms with Crippen molar-refractivity contribution in [2.45, 2.75) is 6.92 Å². The lowest BCUT2D eigenvalue weighted by Crippen LogP contribution is -1.90. The number of hydrogen-bond acceptors (Lipinski definition) is 2. The topological polar surface area (TPSA) is 9.23 Å². The Balaban J connectivity index is 3.01. The fourth-order valence-electron chi connectivity index (χ4n) is 0.842. The van der Waals surface area contributed by atoms with Crippen LogP contribution in [0.4, 0.5) is 0 Å². The highest BCUT2D eigenvalue weighted by atomic mass is 32.1. The molecule has 0 spiro atoms. The van der Waals surface area contributed by atoms with Gasteiger partial charge in [0.2, 0.25) is 0 Å². The smallest absolute Gasteiger partial charge is 0.119 e. The third-order valence-corrected chi connectivity index (χ3v) is 1.71. The minimum Gasteiger partial charge on any atom is -0.497 e. The molecule has 2 heteroatoms. The van der Waals surface area contributed by atoms with E-state index in [0.29, 0.717) is 0 Å². The van der Waals surface area contributed by atoms with Crippen LogP contribution in [0.3, 0.4) is 0 Å². The largest absolute Gasteiger partial charge is 0.497 e. The predicted molar refractivity (Wildman–Crippen MR) is 50.4 cm³/mol. The van der Waals surface area contributed by atoms with Gasteiger partial charge in [0.1, 0.15) is 5.75 Å². The number of benzene rings is 1. The van der Waals surface area contributed by atoms with Crippen LogP contribution in [0.25, 0.3) is 0 Å². The van der Waals surface area contributed by atoms with Crippen molar-refractivity contribution in [2.75, 3.05) is 7.11 Å². The third-order valence-electron chi connectivity index (χ3n) is 1.48. The van der Waals surface area contributed by atoms with Gasteiger partial charge in [-0.3, -0.25) is 0 Å². The first-order valence-electron chi connectivity index (χ1n) is 3.39. The molecule has 11 heavy (non-hydrogen) atoms. The molecule has 0 radical (unpaired) electrons. The van der Waals surface area contributed by atoms with Crippen LogP contribution in [0.1, 0.15) is 12.5 Å². The second-order valence-corrected chi connectivity index (χ2v) is 2.90. The summed E-state index contributed by atoms with van der Waals surface area (Å²) in [6.45, 7) is 1.91. The molecular formula is C9H10OS. The van der Waals surface area contributed by atoms with E-state index >= 15 is 0 Å². The van der Waals surface area contributed by atoms with E-state index in [9.17, 15) is 0 Å². The lowest BCUT2D eigenvalue weighted by atomic mass is 10.2. The molecule has 0 amide bonds. The molecule has 1 rings (SSSR count). The predicted octanol–water partition coefficient (Wildman–Crippen LogP) is 2.43. The van der Waals surface area contributed by atoms with Crippen molar-refractivity contribution in [2.24, 2.45) is 0 Å². The van der Waals surface area contributed by atoms with Crippen molar-refractivity contribution in [1.29, 1.82) is 0 Å². The second kappa shape index (κ2) is 3.49. The highest BCUT2D eigenvalue weighted by molar-refractivity contribution is 7.80. The van der Waals surface area contributed by atoms with E-state index in [4.69, 9.17) is 17.0 Å². The molecule has 1 nitrogen and oxygen atoms in total. The summed E-state index contributed by atoms with van der Waals surface area (Å²) in [7, 11) is 1.65. The van der Waals surface area contributed by atoms with Gasteiger partial charge in [-0.05, 0) is 24.6 Å². The zero-order valence-corrected chi connectivity index (χ0v) is 7.44. The molecule has 0 aliphatic carbocycles. The van der Waals surface area contributed by atoms with E-state index < -0.39 is 0 Å². The van der Waals surface area contributed by atoms with Gasteiger partial charge in [0.25, 0.3) is 0 Å². The minimum absolute atomic E-state index is 0.853. The molecule has 0 aliphatic heterocycles. The molecule has 0 saturated carbocycles. The maximum atomic E-state index is 5.05. The summed E-state index contributed by atoms with van der Waals surface area (Å²) >= 11 is 5.01. The summed E-state index contributed by atoms with van der Waals surface area (Å²) in [5.74, 6) is 0.853. The van der Waals surface area contributed by atoms with Gasteiger partial charge in [-0.1, -0.05) is 24.4 Å². The Morgan fingerprint density at radius 2 is 2.18 bits per heavy atom. The number of hydrogen-bond donors (Lipinski definition) is 0. The van der Waals surface area contributed by atoms with Crippen molar-refractivity contribution in [3.05, 3.63) is 29.8 Å². The molecule has 58 valence electrons. The first-order chi connectivity index (χ1) is 5.24. The zero-order valence-electron chi connectivity index (χ0n) is 6.63. The molecule has 0 N–H and O–H groups in total. The third kappa shape index (κ3) is 2.02. The van der Waals surface area contributed by atoms with Crippen LogP contribution in [-0.4, -0.2) is 12.0 Å². The standard InChI is InChI=1S/C9H10OS/c1-7(11)8-4-3-5-9(6-8)10-2/h3-6H,1-2H3. The van der Waals surface area contributed by atoms with Crippen LogP contribution >= 0.6 is 12.2 Å². The molecule has 0 heterocycles. The van der Waals surface area contributed by atoms with Gasteiger partial charge in [-0.25, -0.2) is 0 Å². The summed E-state index contributed by atoms with van der Waals surface area (Å²) in [5, 5.41) is 0. The monoisotopic (exact) mass is 166 g/mol. The molecule has 0 aromatic heterocycles. The molecule has 0 fully saturated rings. The molecule has 0 aliphatic rings. The lowest BCUT2D eigenvalue weighted by molar-refractivity contribution is 0.414. The van der Waals surface area contributed by atoms with Crippen LogP contribution in [-0.2, 0) is 0 Å².